The van der Waals surface area contributed by atoms with Gasteiger partial charge in [0.15, 0.2) is 0 Å². The Hall–Kier alpha value is -0.900. The van der Waals surface area contributed by atoms with Gasteiger partial charge in [-0.3, -0.25) is 14.5 Å². The lowest BCUT2D eigenvalue weighted by molar-refractivity contribution is -0.126. The molecule has 1 aliphatic carbocycles. The van der Waals surface area contributed by atoms with Gasteiger partial charge in [-0.05, 0) is 33.7 Å². The van der Waals surface area contributed by atoms with Crippen molar-refractivity contribution >= 4 is 11.7 Å². The molecule has 4 heteroatoms. The van der Waals surface area contributed by atoms with Crippen molar-refractivity contribution in [3.63, 3.8) is 0 Å². The third-order valence-corrected chi connectivity index (χ3v) is 2.92. The molecular formula is C12H22N2O2. The Kier molecular flexibility index (Phi) is 4.93. The predicted octanol–water partition coefficient (Wildman–Crippen LogP) is 0.954. The minimum absolute atomic E-state index is 0.0375. The van der Waals surface area contributed by atoms with E-state index >= 15 is 0 Å². The highest BCUT2D eigenvalue weighted by Crippen LogP contribution is 2.18. The molecule has 1 aliphatic rings. The fourth-order valence-corrected chi connectivity index (χ4v) is 2.10. The van der Waals surface area contributed by atoms with Crippen molar-refractivity contribution in [2.45, 2.75) is 51.6 Å². The largest absolute Gasteiger partial charge is 0.353 e. The van der Waals surface area contributed by atoms with Crippen LogP contribution in [0, 0.1) is 0 Å². The zero-order chi connectivity index (χ0) is 12.1. The van der Waals surface area contributed by atoms with Gasteiger partial charge in [0.05, 0.1) is 6.54 Å². The molecule has 0 aromatic carbocycles. The lowest BCUT2D eigenvalue weighted by atomic mass is 9.93. The van der Waals surface area contributed by atoms with Gasteiger partial charge in [0.25, 0.3) is 0 Å². The number of carbonyl (C=O) groups is 2. The molecule has 0 heterocycles. The molecule has 0 aromatic rings. The first-order chi connectivity index (χ1) is 7.49. The van der Waals surface area contributed by atoms with E-state index in [-0.39, 0.29) is 18.0 Å². The molecule has 1 unspecified atom stereocenters. The van der Waals surface area contributed by atoms with Crippen molar-refractivity contribution in [3.05, 3.63) is 0 Å². The fraction of sp³-hybridized carbons (Fsp3) is 0.833. The van der Waals surface area contributed by atoms with E-state index in [0.29, 0.717) is 25.2 Å². The summed E-state index contributed by atoms with van der Waals surface area (Å²) in [5.74, 6) is 0.364. The zero-order valence-corrected chi connectivity index (χ0v) is 10.5. The lowest BCUT2D eigenvalue weighted by Crippen LogP contribution is -2.44. The van der Waals surface area contributed by atoms with Crippen LogP contribution in [-0.2, 0) is 9.59 Å². The van der Waals surface area contributed by atoms with Crippen LogP contribution in [0.2, 0.25) is 0 Å². The van der Waals surface area contributed by atoms with Gasteiger partial charge in [-0.2, -0.15) is 0 Å². The van der Waals surface area contributed by atoms with Gasteiger partial charge in [0.1, 0.15) is 5.78 Å². The summed E-state index contributed by atoms with van der Waals surface area (Å²) in [6, 6.07) is 0.424. The lowest BCUT2D eigenvalue weighted by Gasteiger charge is -2.30. The number of hydrogen-bond acceptors (Lipinski definition) is 3. The molecule has 16 heavy (non-hydrogen) atoms. The fourth-order valence-electron chi connectivity index (χ4n) is 2.10. The molecule has 1 N–H and O–H groups in total. The zero-order valence-electron chi connectivity index (χ0n) is 10.5. The normalized spacial score (nSPS) is 21.6. The van der Waals surface area contributed by atoms with Gasteiger partial charge in [0, 0.05) is 24.9 Å². The van der Waals surface area contributed by atoms with Crippen LogP contribution in [0.3, 0.4) is 0 Å². The Morgan fingerprint density at radius 1 is 1.56 bits per heavy atom. The van der Waals surface area contributed by atoms with Crippen LogP contribution in [0.25, 0.3) is 0 Å². The molecule has 92 valence electrons. The van der Waals surface area contributed by atoms with Gasteiger partial charge >= 0.3 is 0 Å². The quantitative estimate of drug-likeness (QED) is 0.776. The average molecular weight is 226 g/mol. The Morgan fingerprint density at radius 2 is 2.25 bits per heavy atom. The molecule has 0 spiro atoms. The van der Waals surface area contributed by atoms with Gasteiger partial charge in [-0.25, -0.2) is 0 Å². The molecular weight excluding hydrogens is 204 g/mol. The van der Waals surface area contributed by atoms with Gasteiger partial charge in [0.2, 0.25) is 5.91 Å². The van der Waals surface area contributed by atoms with Crippen LogP contribution >= 0.6 is 0 Å². The number of Topliss-reactive ketones (excluding diaryl/α,β-unsaturated/α-hetero) is 1. The number of ketones is 1. The standard InChI is InChI=1S/C12H22N2O2/c1-9(2)13-12(16)8-14(3)10-5-4-6-11(15)7-10/h9-10H,4-8H2,1-3H3,(H,13,16). The van der Waals surface area contributed by atoms with Crippen molar-refractivity contribution in [2.75, 3.05) is 13.6 Å². The maximum Gasteiger partial charge on any atom is 0.234 e. The van der Waals surface area contributed by atoms with E-state index in [1.807, 2.05) is 25.8 Å². The highest BCUT2D eigenvalue weighted by Gasteiger charge is 2.24. The highest BCUT2D eigenvalue weighted by molar-refractivity contribution is 5.80. The van der Waals surface area contributed by atoms with Gasteiger partial charge in [-0.15, -0.1) is 0 Å². The second kappa shape index (κ2) is 5.99. The second-order valence-electron chi connectivity index (χ2n) is 4.93. The van der Waals surface area contributed by atoms with Crippen molar-refractivity contribution in [2.24, 2.45) is 0 Å². The van der Waals surface area contributed by atoms with Crippen molar-refractivity contribution in [1.29, 1.82) is 0 Å². The summed E-state index contributed by atoms with van der Waals surface area (Å²) < 4.78 is 0. The first-order valence-electron chi connectivity index (χ1n) is 6.00. The SMILES string of the molecule is CC(C)NC(=O)CN(C)C1CCCC(=O)C1. The van der Waals surface area contributed by atoms with Crippen LogP contribution in [0.1, 0.15) is 39.5 Å². The number of hydrogen-bond donors (Lipinski definition) is 1. The van der Waals surface area contributed by atoms with Crippen LogP contribution in [0.15, 0.2) is 0 Å². The molecule has 1 amide bonds. The Balaban J connectivity index is 2.36. The Bertz CT molecular complexity index is 264. The molecule has 0 saturated heterocycles. The van der Waals surface area contributed by atoms with E-state index < -0.39 is 0 Å². The molecule has 0 aromatic heterocycles. The highest BCUT2D eigenvalue weighted by atomic mass is 16.2. The summed E-state index contributed by atoms with van der Waals surface area (Å²) in [5.41, 5.74) is 0. The number of nitrogens with one attached hydrogen (secondary N) is 1. The Labute approximate surface area is 97.4 Å². The molecule has 1 fully saturated rings. The molecule has 0 aliphatic heterocycles. The predicted molar refractivity (Wildman–Crippen MR) is 63.2 cm³/mol. The minimum Gasteiger partial charge on any atom is -0.353 e. The number of nitrogens with zero attached hydrogens (tertiary/aromatic N) is 1. The summed E-state index contributed by atoms with van der Waals surface area (Å²) in [7, 11) is 1.92. The van der Waals surface area contributed by atoms with E-state index in [1.165, 1.54) is 0 Å². The third-order valence-electron chi connectivity index (χ3n) is 2.92. The molecule has 0 radical (unpaired) electrons. The van der Waals surface area contributed by atoms with Crippen molar-refractivity contribution < 1.29 is 9.59 Å². The Morgan fingerprint density at radius 3 is 2.81 bits per heavy atom. The minimum atomic E-state index is 0.0375. The number of amides is 1. The number of carbonyl (C=O) groups excluding carboxylic acids is 2. The van der Waals surface area contributed by atoms with Crippen LogP contribution in [-0.4, -0.2) is 42.3 Å². The number of rotatable bonds is 4. The van der Waals surface area contributed by atoms with Crippen molar-refractivity contribution in [3.8, 4) is 0 Å². The second-order valence-corrected chi connectivity index (χ2v) is 4.93. The van der Waals surface area contributed by atoms with Crippen LogP contribution < -0.4 is 5.32 Å². The van der Waals surface area contributed by atoms with E-state index in [9.17, 15) is 9.59 Å². The summed E-state index contributed by atoms with van der Waals surface area (Å²) in [6.07, 6.45) is 3.30. The summed E-state index contributed by atoms with van der Waals surface area (Å²) >= 11 is 0. The van der Waals surface area contributed by atoms with Crippen molar-refractivity contribution in [1.82, 2.24) is 10.2 Å². The molecule has 1 saturated carbocycles. The van der Waals surface area contributed by atoms with E-state index in [1.54, 1.807) is 0 Å². The monoisotopic (exact) mass is 226 g/mol. The maximum atomic E-state index is 11.6. The first kappa shape index (κ1) is 13.2. The topological polar surface area (TPSA) is 49.4 Å². The third kappa shape index (κ3) is 4.31. The summed E-state index contributed by atoms with van der Waals surface area (Å²) in [4.78, 5) is 24.9. The smallest absolute Gasteiger partial charge is 0.234 e. The van der Waals surface area contributed by atoms with Gasteiger partial charge in [-0.1, -0.05) is 0 Å². The average Bonchev–Trinajstić information content (AvgIpc) is 2.16. The van der Waals surface area contributed by atoms with E-state index in [4.69, 9.17) is 0 Å². The molecule has 4 nitrogen and oxygen atoms in total. The molecule has 0 bridgehead atoms. The first-order valence-corrected chi connectivity index (χ1v) is 6.00. The van der Waals surface area contributed by atoms with Gasteiger partial charge < -0.3 is 5.32 Å². The van der Waals surface area contributed by atoms with Crippen LogP contribution in [0.5, 0.6) is 0 Å². The van der Waals surface area contributed by atoms with E-state index in [2.05, 4.69) is 5.32 Å². The van der Waals surface area contributed by atoms with Crippen LogP contribution in [0.4, 0.5) is 0 Å². The maximum absolute atomic E-state index is 11.6. The molecule has 1 atom stereocenters. The van der Waals surface area contributed by atoms with E-state index in [0.717, 1.165) is 12.8 Å². The number of likely N-dealkylation sites (N-methyl/N-ethyl adjacent to an activating group) is 1. The molecule has 1 rings (SSSR count). The summed E-state index contributed by atoms with van der Waals surface area (Å²) in [6.45, 7) is 4.28. The summed E-state index contributed by atoms with van der Waals surface area (Å²) in [5, 5.41) is 2.86.